The predicted molar refractivity (Wildman–Crippen MR) is 125 cm³/mol. The van der Waals surface area contributed by atoms with Gasteiger partial charge in [-0.15, -0.1) is 24.0 Å². The van der Waals surface area contributed by atoms with Crippen LogP contribution in [-0.2, 0) is 10.2 Å². The van der Waals surface area contributed by atoms with E-state index in [1.807, 2.05) is 0 Å². The molecule has 0 heterocycles. The number of aliphatic imine (C=N–C) groups is 1. The summed E-state index contributed by atoms with van der Waals surface area (Å²) >= 11 is 3.58. The van der Waals surface area contributed by atoms with Crippen LogP contribution in [0.3, 0.4) is 0 Å². The summed E-state index contributed by atoms with van der Waals surface area (Å²) in [4.78, 5) is 18.0. The molecule has 0 unspecified atom stereocenters. The van der Waals surface area contributed by atoms with Crippen molar-refractivity contribution in [1.29, 1.82) is 0 Å². The lowest BCUT2D eigenvalue weighted by atomic mass is 9.96. The first-order valence-corrected chi connectivity index (χ1v) is 10.3. The summed E-state index contributed by atoms with van der Waals surface area (Å²) in [6, 6.07) is 9.05. The largest absolute Gasteiger partial charge is 0.355 e. The highest BCUT2D eigenvalue weighted by Crippen LogP contribution is 2.48. The smallest absolute Gasteiger partial charge is 0.243 e. The third kappa shape index (κ3) is 6.34. The summed E-state index contributed by atoms with van der Waals surface area (Å²) in [5, 5.41) is 7.05. The molecule has 0 bridgehead atoms. The molecule has 3 rings (SSSR count). The summed E-state index contributed by atoms with van der Waals surface area (Å²) < 4.78 is 1.12. The zero-order valence-electron chi connectivity index (χ0n) is 16.1. The van der Waals surface area contributed by atoms with Crippen molar-refractivity contribution >= 4 is 51.8 Å². The molecule has 27 heavy (non-hydrogen) atoms. The molecule has 0 radical (unpaired) electrons. The summed E-state index contributed by atoms with van der Waals surface area (Å²) in [6.07, 6.45) is 7.26. The van der Waals surface area contributed by atoms with Crippen LogP contribution in [0.1, 0.15) is 44.1 Å². The average Bonchev–Trinajstić information content (AvgIpc) is 3.24. The predicted octanol–water partition coefficient (Wildman–Crippen LogP) is 3.66. The van der Waals surface area contributed by atoms with Gasteiger partial charge >= 0.3 is 0 Å². The molecule has 5 nitrogen and oxygen atoms in total. The molecule has 150 valence electrons. The molecule has 0 spiro atoms. The molecular formula is C20H30BrIN4O. The fourth-order valence-electron chi connectivity index (χ4n) is 3.49. The minimum atomic E-state index is 0. The number of hydrogen-bond donors (Lipinski definition) is 2. The summed E-state index contributed by atoms with van der Waals surface area (Å²) in [6.45, 7) is 1.02. The van der Waals surface area contributed by atoms with Crippen molar-refractivity contribution in [3.8, 4) is 0 Å². The number of likely N-dealkylation sites (N-methyl/N-ethyl adjacent to an activating group) is 1. The van der Waals surface area contributed by atoms with Crippen molar-refractivity contribution < 1.29 is 4.79 Å². The zero-order valence-corrected chi connectivity index (χ0v) is 20.0. The number of carbonyl (C=O) groups is 1. The molecule has 7 heteroatoms. The number of rotatable bonds is 6. The van der Waals surface area contributed by atoms with Gasteiger partial charge < -0.3 is 15.5 Å². The van der Waals surface area contributed by atoms with Gasteiger partial charge in [-0.05, 0) is 43.4 Å². The standard InChI is InChI=1S/C20H29BrN4O.HI/c1-25(2)18(26)13-22-19(24-17-8-3-4-9-17)23-14-20(10-11-20)15-6-5-7-16(21)12-15;/h5-7,12,17H,3-4,8-11,13-14H2,1-2H3,(H2,22,23,24);1H. The van der Waals surface area contributed by atoms with E-state index >= 15 is 0 Å². The van der Waals surface area contributed by atoms with Crippen LogP contribution in [0.2, 0.25) is 0 Å². The number of hydrogen-bond acceptors (Lipinski definition) is 2. The highest BCUT2D eigenvalue weighted by atomic mass is 127. The maximum Gasteiger partial charge on any atom is 0.243 e. The van der Waals surface area contributed by atoms with Crippen molar-refractivity contribution in [3.63, 3.8) is 0 Å². The van der Waals surface area contributed by atoms with Gasteiger partial charge in [0.25, 0.3) is 0 Å². The highest BCUT2D eigenvalue weighted by molar-refractivity contribution is 14.0. The Hall–Kier alpha value is -0.830. The summed E-state index contributed by atoms with van der Waals surface area (Å²) in [5.41, 5.74) is 1.55. The van der Waals surface area contributed by atoms with Crippen LogP contribution >= 0.6 is 39.9 Å². The molecular weight excluding hydrogens is 519 g/mol. The first kappa shape index (κ1) is 22.5. The van der Waals surface area contributed by atoms with E-state index < -0.39 is 0 Å². The molecule has 0 atom stereocenters. The zero-order chi connectivity index (χ0) is 18.6. The van der Waals surface area contributed by atoms with Crippen LogP contribution < -0.4 is 10.6 Å². The van der Waals surface area contributed by atoms with Gasteiger partial charge in [0.2, 0.25) is 5.91 Å². The van der Waals surface area contributed by atoms with E-state index in [9.17, 15) is 4.79 Å². The quantitative estimate of drug-likeness (QED) is 0.324. The molecule has 2 fully saturated rings. The molecule has 2 saturated carbocycles. The second kappa shape index (κ2) is 10.1. The Labute approximate surface area is 187 Å². The molecule has 0 aromatic heterocycles. The van der Waals surface area contributed by atoms with Gasteiger partial charge in [0, 0.05) is 36.6 Å². The van der Waals surface area contributed by atoms with Gasteiger partial charge in [0.05, 0.1) is 0 Å². The number of halogens is 2. The molecule has 1 amide bonds. The van der Waals surface area contributed by atoms with E-state index in [1.165, 1.54) is 44.1 Å². The van der Waals surface area contributed by atoms with Crippen molar-refractivity contribution in [3.05, 3.63) is 34.3 Å². The van der Waals surface area contributed by atoms with Crippen LogP contribution in [-0.4, -0.2) is 50.0 Å². The fourth-order valence-corrected chi connectivity index (χ4v) is 3.89. The lowest BCUT2D eigenvalue weighted by Crippen LogP contribution is -2.45. The first-order valence-electron chi connectivity index (χ1n) is 9.50. The van der Waals surface area contributed by atoms with Crippen LogP contribution in [0.4, 0.5) is 0 Å². The second-order valence-electron chi connectivity index (χ2n) is 7.72. The maximum absolute atomic E-state index is 11.9. The van der Waals surface area contributed by atoms with Gasteiger partial charge in [-0.1, -0.05) is 40.9 Å². The molecule has 1 aromatic rings. The van der Waals surface area contributed by atoms with Gasteiger partial charge in [-0.2, -0.15) is 0 Å². The third-order valence-corrected chi connectivity index (χ3v) is 5.95. The van der Waals surface area contributed by atoms with Crippen LogP contribution in [0.25, 0.3) is 0 Å². The number of guanidine groups is 1. The minimum Gasteiger partial charge on any atom is -0.355 e. The van der Waals surface area contributed by atoms with E-state index in [0.717, 1.165) is 17.0 Å². The van der Waals surface area contributed by atoms with E-state index in [-0.39, 0.29) is 41.8 Å². The Bertz CT molecular complexity index is 670. The molecule has 2 aliphatic rings. The lowest BCUT2D eigenvalue weighted by molar-refractivity contribution is -0.127. The maximum atomic E-state index is 11.9. The highest BCUT2D eigenvalue weighted by Gasteiger charge is 2.44. The Morgan fingerprint density at radius 3 is 2.59 bits per heavy atom. The molecule has 0 aliphatic heterocycles. The Morgan fingerprint density at radius 2 is 2.00 bits per heavy atom. The van der Waals surface area contributed by atoms with E-state index in [4.69, 9.17) is 0 Å². The minimum absolute atomic E-state index is 0. The van der Waals surface area contributed by atoms with Crippen molar-refractivity contribution in [2.75, 3.05) is 27.2 Å². The normalized spacial score (nSPS) is 18.6. The van der Waals surface area contributed by atoms with Crippen molar-refractivity contribution in [2.24, 2.45) is 4.99 Å². The molecule has 1 aromatic carbocycles. The number of nitrogens with one attached hydrogen (secondary N) is 2. The van der Waals surface area contributed by atoms with Gasteiger partial charge in [0.1, 0.15) is 6.54 Å². The van der Waals surface area contributed by atoms with Gasteiger partial charge in [-0.3, -0.25) is 4.79 Å². The topological polar surface area (TPSA) is 56.7 Å². The van der Waals surface area contributed by atoms with Gasteiger partial charge in [0.15, 0.2) is 5.96 Å². The van der Waals surface area contributed by atoms with E-state index in [0.29, 0.717) is 6.04 Å². The van der Waals surface area contributed by atoms with E-state index in [1.54, 1.807) is 19.0 Å². The Balaban J connectivity index is 0.00000261. The van der Waals surface area contributed by atoms with Crippen LogP contribution in [0.5, 0.6) is 0 Å². The SMILES string of the molecule is CN(C)C(=O)CN=C(NCC1(c2cccc(Br)c2)CC1)NC1CCCC1.I. The van der Waals surface area contributed by atoms with Gasteiger partial charge in [-0.25, -0.2) is 4.99 Å². The number of amides is 1. The first-order chi connectivity index (χ1) is 12.5. The van der Waals surface area contributed by atoms with Crippen molar-refractivity contribution in [2.45, 2.75) is 50.0 Å². The monoisotopic (exact) mass is 548 g/mol. The number of carbonyl (C=O) groups excluding carboxylic acids is 1. The van der Waals surface area contributed by atoms with Crippen LogP contribution in [0, 0.1) is 0 Å². The van der Waals surface area contributed by atoms with Crippen LogP contribution in [0.15, 0.2) is 33.7 Å². The number of benzene rings is 1. The summed E-state index contributed by atoms with van der Waals surface area (Å²) in [7, 11) is 3.53. The fraction of sp³-hybridized carbons (Fsp3) is 0.600. The molecule has 0 saturated heterocycles. The summed E-state index contributed by atoms with van der Waals surface area (Å²) in [5.74, 6) is 0.791. The second-order valence-corrected chi connectivity index (χ2v) is 8.64. The number of nitrogens with zero attached hydrogens (tertiary/aromatic N) is 2. The van der Waals surface area contributed by atoms with E-state index in [2.05, 4.69) is 55.8 Å². The lowest BCUT2D eigenvalue weighted by Gasteiger charge is -2.22. The third-order valence-electron chi connectivity index (χ3n) is 5.45. The van der Waals surface area contributed by atoms with Crippen molar-refractivity contribution in [1.82, 2.24) is 15.5 Å². The molecule has 2 aliphatic carbocycles. The Kier molecular flexibility index (Phi) is 8.39. The Morgan fingerprint density at radius 1 is 1.30 bits per heavy atom. The average molecular weight is 549 g/mol. The molecule has 2 N–H and O–H groups in total.